The topological polar surface area (TPSA) is 171 Å². The number of nitrogens with one attached hydrogen (secondary N) is 1. The first-order chi connectivity index (χ1) is 18.6. The van der Waals surface area contributed by atoms with Gasteiger partial charge < -0.3 is 34.4 Å². The highest BCUT2D eigenvalue weighted by molar-refractivity contribution is 7.47. The lowest BCUT2D eigenvalue weighted by Crippen LogP contribution is -2.39. The molecule has 216 valence electrons. The average Bonchev–Trinajstić information content (AvgIpc) is 2.85. The number of hydrogen-bond donors (Lipinski definition) is 3. The molecule has 1 saturated heterocycles. The molecule has 1 aliphatic rings. The van der Waals surface area contributed by atoms with E-state index in [1.807, 2.05) is 6.92 Å². The number of phosphoric acid groups is 1. The van der Waals surface area contributed by atoms with Crippen LogP contribution in [0, 0.1) is 6.92 Å². The molecule has 3 rings (SSSR count). The van der Waals surface area contributed by atoms with Crippen LogP contribution in [-0.4, -0.2) is 76.8 Å². The van der Waals surface area contributed by atoms with Crippen molar-refractivity contribution in [3.8, 4) is 17.4 Å². The Morgan fingerprint density at radius 3 is 2.62 bits per heavy atom. The third-order valence-corrected chi connectivity index (χ3v) is 6.62. The number of phosphoric ester groups is 1. The van der Waals surface area contributed by atoms with Crippen LogP contribution in [0.1, 0.15) is 38.8 Å². The van der Waals surface area contributed by atoms with Crippen molar-refractivity contribution in [1.82, 2.24) is 15.0 Å². The number of anilines is 2. The van der Waals surface area contributed by atoms with E-state index in [4.69, 9.17) is 33.2 Å². The number of ether oxygens (including phenoxy) is 3. The van der Waals surface area contributed by atoms with E-state index in [9.17, 15) is 14.3 Å². The first kappa shape index (κ1) is 30.4. The molecule has 1 fully saturated rings. The highest BCUT2D eigenvalue weighted by Gasteiger charge is 2.25. The summed E-state index contributed by atoms with van der Waals surface area (Å²) in [5.74, 6) is 1.75. The fraction of sp³-hybridized carbons (Fsp3) is 0.542. The molecule has 1 atom stereocenters. The van der Waals surface area contributed by atoms with Gasteiger partial charge in [-0.05, 0) is 26.8 Å². The van der Waals surface area contributed by atoms with Gasteiger partial charge in [0.05, 0.1) is 37.8 Å². The fourth-order valence-corrected chi connectivity index (χ4v) is 4.68. The van der Waals surface area contributed by atoms with E-state index < -0.39 is 20.1 Å². The number of methoxy groups -OCH3 is 1. The zero-order valence-corrected chi connectivity index (χ0v) is 23.3. The fourth-order valence-electron chi connectivity index (χ4n) is 3.73. The molecule has 2 aromatic rings. The number of rotatable bonds is 14. The van der Waals surface area contributed by atoms with E-state index in [0.29, 0.717) is 66.9 Å². The number of hydrogen-bond acceptors (Lipinski definition) is 12. The molecule has 0 bridgehead atoms. The molecule has 39 heavy (non-hydrogen) atoms. The quantitative estimate of drug-likeness (QED) is 0.217. The summed E-state index contributed by atoms with van der Waals surface area (Å²) in [6, 6.07) is 5.19. The van der Waals surface area contributed by atoms with Gasteiger partial charge in [0.15, 0.2) is 11.6 Å². The third kappa shape index (κ3) is 9.83. The molecule has 0 saturated carbocycles. The lowest BCUT2D eigenvalue weighted by molar-refractivity contribution is -0.140. The molecule has 15 heteroatoms. The Morgan fingerprint density at radius 1 is 1.23 bits per heavy atom. The lowest BCUT2D eigenvalue weighted by atomic mass is 10.1. The van der Waals surface area contributed by atoms with E-state index in [-0.39, 0.29) is 19.3 Å². The van der Waals surface area contributed by atoms with Gasteiger partial charge >= 0.3 is 14.0 Å². The van der Waals surface area contributed by atoms with Crippen molar-refractivity contribution in [3.63, 3.8) is 0 Å². The van der Waals surface area contributed by atoms with Gasteiger partial charge in [0.25, 0.3) is 0 Å². The van der Waals surface area contributed by atoms with Crippen molar-refractivity contribution in [2.24, 2.45) is 0 Å². The molecular formula is C24H35N4O10P. The number of nitrogens with zero attached hydrogens (tertiary/aromatic N) is 3. The zero-order valence-electron chi connectivity index (χ0n) is 22.4. The largest absolute Gasteiger partial charge is 0.525 e. The second-order valence-electron chi connectivity index (χ2n) is 8.86. The Bertz CT molecular complexity index is 1140. The highest BCUT2D eigenvalue weighted by atomic mass is 31.2. The molecule has 3 N–H and O–H groups in total. The van der Waals surface area contributed by atoms with Crippen LogP contribution in [0.5, 0.6) is 17.4 Å². The Labute approximate surface area is 226 Å². The van der Waals surface area contributed by atoms with E-state index in [1.54, 1.807) is 38.2 Å². The Morgan fingerprint density at radius 2 is 1.97 bits per heavy atom. The van der Waals surface area contributed by atoms with Crippen LogP contribution in [0.4, 0.5) is 16.3 Å². The van der Waals surface area contributed by atoms with Crippen LogP contribution in [0.2, 0.25) is 0 Å². The summed E-state index contributed by atoms with van der Waals surface area (Å²) >= 11 is 0. The predicted octanol–water partition coefficient (Wildman–Crippen LogP) is 4.30. The highest BCUT2D eigenvalue weighted by Crippen LogP contribution is 2.44. The number of carbonyl (C=O) groups is 1. The van der Waals surface area contributed by atoms with Crippen LogP contribution < -0.4 is 19.5 Å². The van der Waals surface area contributed by atoms with Gasteiger partial charge in [0, 0.05) is 50.7 Å². The lowest BCUT2D eigenvalue weighted by Gasteiger charge is -2.30. The number of hydroxylamine groups is 2. The Hall–Kier alpha value is -3.16. The zero-order chi connectivity index (χ0) is 28.4. The molecule has 14 nitrogen and oxygen atoms in total. The summed E-state index contributed by atoms with van der Waals surface area (Å²) in [6.07, 6.45) is 1.25. The van der Waals surface area contributed by atoms with Crippen LogP contribution >= 0.6 is 7.82 Å². The monoisotopic (exact) mass is 570 g/mol. The normalized spacial score (nSPS) is 15.9. The van der Waals surface area contributed by atoms with Crippen molar-refractivity contribution in [3.05, 3.63) is 30.1 Å². The van der Waals surface area contributed by atoms with Gasteiger partial charge in [-0.25, -0.2) is 19.3 Å². The van der Waals surface area contributed by atoms with Gasteiger partial charge in [0.1, 0.15) is 6.10 Å². The Balaban J connectivity index is 1.54. The van der Waals surface area contributed by atoms with Crippen LogP contribution in [0.3, 0.4) is 0 Å². The summed E-state index contributed by atoms with van der Waals surface area (Å²) in [5, 5.41) is 13.4. The number of carboxylic acid groups (broad SMARTS) is 1. The van der Waals surface area contributed by atoms with E-state index >= 15 is 0 Å². The molecule has 3 heterocycles. The van der Waals surface area contributed by atoms with Crippen LogP contribution in [-0.2, 0) is 18.5 Å². The summed E-state index contributed by atoms with van der Waals surface area (Å²) in [4.78, 5) is 33.8. The van der Waals surface area contributed by atoms with Gasteiger partial charge in [-0.3, -0.25) is 9.05 Å². The molecule has 0 aromatic carbocycles. The minimum atomic E-state index is -4.07. The second-order valence-corrected chi connectivity index (χ2v) is 10.3. The molecule has 0 amide bonds. The maximum atomic E-state index is 11.7. The summed E-state index contributed by atoms with van der Waals surface area (Å²) in [6.45, 7) is 6.18. The van der Waals surface area contributed by atoms with Crippen molar-refractivity contribution in [2.45, 2.75) is 52.2 Å². The third-order valence-electron chi connectivity index (χ3n) is 5.42. The van der Waals surface area contributed by atoms with Crippen molar-refractivity contribution in [1.29, 1.82) is 0 Å². The van der Waals surface area contributed by atoms with Crippen LogP contribution in [0.15, 0.2) is 24.4 Å². The number of pyridine rings is 2. The molecule has 0 radical (unpaired) electrons. The number of piperidine rings is 1. The maximum absolute atomic E-state index is 11.7. The molecule has 1 unspecified atom stereocenters. The van der Waals surface area contributed by atoms with Crippen molar-refractivity contribution in [2.75, 3.05) is 38.7 Å². The Kier molecular flexibility index (Phi) is 11.1. The van der Waals surface area contributed by atoms with E-state index in [2.05, 4.69) is 15.3 Å². The van der Waals surface area contributed by atoms with Gasteiger partial charge in [-0.1, -0.05) is 0 Å². The van der Waals surface area contributed by atoms with Crippen molar-refractivity contribution >= 4 is 25.5 Å². The van der Waals surface area contributed by atoms with Gasteiger partial charge in [0.2, 0.25) is 11.6 Å². The maximum Gasteiger partial charge on any atom is 0.525 e. The second kappa shape index (κ2) is 14.3. The minimum Gasteiger partial charge on any atom is -0.490 e. The first-order valence-corrected chi connectivity index (χ1v) is 13.9. The molecule has 0 aliphatic carbocycles. The molecular weight excluding hydrogens is 535 g/mol. The number of aryl methyl sites for hydroxylation is 1. The molecule has 2 aromatic heterocycles. The van der Waals surface area contributed by atoms with Gasteiger partial charge in [-0.15, -0.1) is 5.06 Å². The summed E-state index contributed by atoms with van der Waals surface area (Å²) < 4.78 is 38.8. The van der Waals surface area contributed by atoms with E-state index in [1.165, 1.54) is 12.2 Å². The molecule has 1 aliphatic heterocycles. The average molecular weight is 571 g/mol. The standard InChI is InChI=1S/C24H35N4O10P/c1-16(2)38-39(31,32)35-15-5-14-34-21-7-6-19(17(3)26-21)27-23-22(33-4)20(8-11-25-23)36-18-9-12-28(13-10-18)37-24(29)30/h6-8,11,16,18H,5,9-10,12-15H2,1-4H3,(H,25,27)(H,29,30)(H,31,32). The van der Waals surface area contributed by atoms with E-state index in [0.717, 1.165) is 0 Å². The van der Waals surface area contributed by atoms with Crippen LogP contribution in [0.25, 0.3) is 0 Å². The molecule has 0 spiro atoms. The SMILES string of the molecule is COc1c(OC2CCN(OC(=O)O)CC2)ccnc1Nc1ccc(OCCCOP(=O)(O)OC(C)C)nc1C. The number of aromatic nitrogens is 2. The minimum absolute atomic E-state index is 0.00177. The van der Waals surface area contributed by atoms with Gasteiger partial charge in [-0.2, -0.15) is 0 Å². The smallest absolute Gasteiger partial charge is 0.490 e. The summed E-state index contributed by atoms with van der Waals surface area (Å²) in [5.41, 5.74) is 1.33. The summed E-state index contributed by atoms with van der Waals surface area (Å²) in [7, 11) is -2.55. The first-order valence-electron chi connectivity index (χ1n) is 12.4. The van der Waals surface area contributed by atoms with Crippen molar-refractivity contribution < 1.29 is 47.5 Å². The predicted molar refractivity (Wildman–Crippen MR) is 139 cm³/mol.